The molecule has 0 aliphatic heterocycles. The highest BCUT2D eigenvalue weighted by atomic mass is 35.5. The summed E-state index contributed by atoms with van der Waals surface area (Å²) in [6.07, 6.45) is 6.96. The average Bonchev–Trinajstić information content (AvgIpc) is 2.96. The van der Waals surface area contributed by atoms with Crippen molar-refractivity contribution in [2.45, 2.75) is 13.0 Å². The zero-order valence-corrected chi connectivity index (χ0v) is 12.1. The number of hydrogen-bond donors (Lipinski definition) is 1. The first-order chi connectivity index (χ1) is 9.67. The molecule has 3 rings (SSSR count). The van der Waals surface area contributed by atoms with Crippen molar-refractivity contribution in [2.75, 3.05) is 6.54 Å². The van der Waals surface area contributed by atoms with Crippen LogP contribution in [0.5, 0.6) is 0 Å². The lowest BCUT2D eigenvalue weighted by molar-refractivity contribution is 0.764. The van der Waals surface area contributed by atoms with E-state index in [1.807, 2.05) is 36.3 Å². The lowest BCUT2D eigenvalue weighted by atomic mass is 10.1. The molecule has 3 aromatic rings. The summed E-state index contributed by atoms with van der Waals surface area (Å²) in [5.74, 6) is 0. The van der Waals surface area contributed by atoms with E-state index in [1.165, 1.54) is 16.5 Å². The number of halogens is 1. The third kappa shape index (κ3) is 2.44. The third-order valence-corrected chi connectivity index (χ3v) is 3.69. The Labute approximate surface area is 122 Å². The molecule has 2 N–H and O–H groups in total. The molecule has 0 spiro atoms. The Bertz CT molecular complexity index is 741. The monoisotopic (exact) mass is 288 g/mol. The molecule has 0 saturated carbocycles. The molecule has 0 aliphatic rings. The lowest BCUT2D eigenvalue weighted by Crippen LogP contribution is -2.02. The van der Waals surface area contributed by atoms with E-state index in [0.29, 0.717) is 6.54 Å². The zero-order chi connectivity index (χ0) is 14.1. The van der Waals surface area contributed by atoms with Crippen LogP contribution in [0.1, 0.15) is 11.1 Å². The van der Waals surface area contributed by atoms with Crippen LogP contribution in [0.15, 0.2) is 36.8 Å². The maximum absolute atomic E-state index is 6.13. The molecule has 0 saturated heterocycles. The van der Waals surface area contributed by atoms with Crippen molar-refractivity contribution in [3.8, 4) is 0 Å². The van der Waals surface area contributed by atoms with Gasteiger partial charge in [0, 0.05) is 35.4 Å². The van der Waals surface area contributed by atoms with Gasteiger partial charge in [-0.05, 0) is 30.7 Å². The third-order valence-electron chi connectivity index (χ3n) is 3.45. The second-order valence-electron chi connectivity index (χ2n) is 5.00. The van der Waals surface area contributed by atoms with Crippen molar-refractivity contribution in [1.29, 1.82) is 0 Å². The van der Waals surface area contributed by atoms with Gasteiger partial charge in [0.1, 0.15) is 0 Å². The summed E-state index contributed by atoms with van der Waals surface area (Å²) in [6.45, 7) is 1.43. The fourth-order valence-corrected chi connectivity index (χ4v) is 2.74. The van der Waals surface area contributed by atoms with E-state index < -0.39 is 0 Å². The van der Waals surface area contributed by atoms with E-state index in [4.69, 9.17) is 17.3 Å². The molecule has 0 aliphatic carbocycles. The van der Waals surface area contributed by atoms with Crippen LogP contribution in [-0.2, 0) is 20.0 Å². The molecular formula is C15H17ClN4. The first-order valence-electron chi connectivity index (χ1n) is 6.62. The van der Waals surface area contributed by atoms with E-state index in [2.05, 4.69) is 21.9 Å². The minimum absolute atomic E-state index is 0.647. The summed E-state index contributed by atoms with van der Waals surface area (Å²) in [5.41, 5.74) is 9.28. The van der Waals surface area contributed by atoms with Gasteiger partial charge >= 0.3 is 0 Å². The summed E-state index contributed by atoms with van der Waals surface area (Å²) in [5, 5.41) is 6.19. The highest BCUT2D eigenvalue weighted by Gasteiger charge is 2.09. The van der Waals surface area contributed by atoms with Crippen LogP contribution in [0.2, 0.25) is 5.02 Å². The van der Waals surface area contributed by atoms with Crippen molar-refractivity contribution >= 4 is 22.5 Å². The van der Waals surface area contributed by atoms with Crippen molar-refractivity contribution < 1.29 is 0 Å². The SMILES string of the molecule is Cn1cc(Cn2cc(CCN)c3ccc(Cl)cc32)cn1. The Kier molecular flexibility index (Phi) is 3.51. The highest BCUT2D eigenvalue weighted by molar-refractivity contribution is 6.31. The number of nitrogens with two attached hydrogens (primary N) is 1. The number of aromatic nitrogens is 3. The second kappa shape index (κ2) is 5.31. The normalized spacial score (nSPS) is 11.3. The standard InChI is InChI=1S/C15H17ClN4/c1-19-8-11(7-18-19)9-20-10-12(4-5-17)14-3-2-13(16)6-15(14)20/h2-3,6-8,10H,4-5,9,17H2,1H3. The molecule has 4 nitrogen and oxygen atoms in total. The van der Waals surface area contributed by atoms with Crippen LogP contribution in [0.25, 0.3) is 10.9 Å². The van der Waals surface area contributed by atoms with E-state index in [9.17, 15) is 0 Å². The van der Waals surface area contributed by atoms with E-state index in [0.717, 1.165) is 23.5 Å². The van der Waals surface area contributed by atoms with Crippen LogP contribution in [0.3, 0.4) is 0 Å². The molecule has 0 unspecified atom stereocenters. The van der Waals surface area contributed by atoms with Crippen molar-refractivity contribution in [3.63, 3.8) is 0 Å². The van der Waals surface area contributed by atoms with Gasteiger partial charge in [0.25, 0.3) is 0 Å². The van der Waals surface area contributed by atoms with Crippen molar-refractivity contribution in [2.24, 2.45) is 12.8 Å². The Morgan fingerprint density at radius 2 is 2.15 bits per heavy atom. The summed E-state index contributed by atoms with van der Waals surface area (Å²) in [4.78, 5) is 0. The topological polar surface area (TPSA) is 48.8 Å². The van der Waals surface area contributed by atoms with E-state index in [1.54, 1.807) is 0 Å². The number of nitrogens with zero attached hydrogens (tertiary/aromatic N) is 3. The molecule has 0 radical (unpaired) electrons. The number of hydrogen-bond acceptors (Lipinski definition) is 2. The predicted octanol–water partition coefficient (Wildman–Crippen LogP) is 2.58. The Hall–Kier alpha value is -1.78. The average molecular weight is 289 g/mol. The Balaban J connectivity index is 2.06. The fourth-order valence-electron chi connectivity index (χ4n) is 2.58. The number of fused-ring (bicyclic) bond motifs is 1. The van der Waals surface area contributed by atoms with Crippen LogP contribution in [-0.4, -0.2) is 20.9 Å². The molecular weight excluding hydrogens is 272 g/mol. The molecule has 0 amide bonds. The maximum Gasteiger partial charge on any atom is 0.0539 e. The fraction of sp³-hybridized carbons (Fsp3) is 0.267. The van der Waals surface area contributed by atoms with Crippen molar-refractivity contribution in [1.82, 2.24) is 14.3 Å². The smallest absolute Gasteiger partial charge is 0.0539 e. The zero-order valence-electron chi connectivity index (χ0n) is 11.4. The van der Waals surface area contributed by atoms with E-state index in [-0.39, 0.29) is 0 Å². The molecule has 0 fully saturated rings. The van der Waals surface area contributed by atoms with Crippen LogP contribution in [0.4, 0.5) is 0 Å². The summed E-state index contributed by atoms with van der Waals surface area (Å²) >= 11 is 6.13. The van der Waals surface area contributed by atoms with Gasteiger partial charge in [-0.25, -0.2) is 0 Å². The quantitative estimate of drug-likeness (QED) is 0.802. The van der Waals surface area contributed by atoms with Gasteiger partial charge in [0.05, 0.1) is 18.3 Å². The van der Waals surface area contributed by atoms with Gasteiger partial charge in [-0.3, -0.25) is 4.68 Å². The molecule has 0 atom stereocenters. The molecule has 2 aromatic heterocycles. The summed E-state index contributed by atoms with van der Waals surface area (Å²) in [7, 11) is 1.92. The van der Waals surface area contributed by atoms with E-state index >= 15 is 0 Å². The molecule has 104 valence electrons. The van der Waals surface area contributed by atoms with Gasteiger partial charge in [-0.15, -0.1) is 0 Å². The first-order valence-corrected chi connectivity index (χ1v) is 7.00. The van der Waals surface area contributed by atoms with Gasteiger partial charge in [0.15, 0.2) is 0 Å². The van der Waals surface area contributed by atoms with Crippen LogP contribution >= 0.6 is 11.6 Å². The molecule has 20 heavy (non-hydrogen) atoms. The minimum Gasteiger partial charge on any atom is -0.343 e. The van der Waals surface area contributed by atoms with Gasteiger partial charge in [-0.2, -0.15) is 5.10 Å². The second-order valence-corrected chi connectivity index (χ2v) is 5.44. The minimum atomic E-state index is 0.647. The summed E-state index contributed by atoms with van der Waals surface area (Å²) < 4.78 is 4.03. The Morgan fingerprint density at radius 3 is 2.85 bits per heavy atom. The lowest BCUT2D eigenvalue weighted by Gasteiger charge is -2.03. The van der Waals surface area contributed by atoms with Crippen molar-refractivity contribution in [3.05, 3.63) is 52.9 Å². The van der Waals surface area contributed by atoms with Crippen LogP contribution < -0.4 is 5.73 Å². The van der Waals surface area contributed by atoms with Crippen LogP contribution in [0, 0.1) is 0 Å². The van der Waals surface area contributed by atoms with Gasteiger partial charge in [0.2, 0.25) is 0 Å². The summed E-state index contributed by atoms with van der Waals surface area (Å²) in [6, 6.07) is 6.01. The maximum atomic E-state index is 6.13. The molecule has 1 aromatic carbocycles. The molecule has 2 heterocycles. The first kappa shape index (κ1) is 13.2. The predicted molar refractivity (Wildman–Crippen MR) is 82.0 cm³/mol. The molecule has 0 bridgehead atoms. The van der Waals surface area contributed by atoms with Gasteiger partial charge < -0.3 is 10.3 Å². The number of benzene rings is 1. The molecule has 5 heteroatoms. The largest absolute Gasteiger partial charge is 0.343 e. The number of rotatable bonds is 4. The highest BCUT2D eigenvalue weighted by Crippen LogP contribution is 2.25. The Morgan fingerprint density at radius 1 is 1.30 bits per heavy atom. The van der Waals surface area contributed by atoms with Gasteiger partial charge in [-0.1, -0.05) is 17.7 Å². The number of aryl methyl sites for hydroxylation is 1.